The van der Waals surface area contributed by atoms with E-state index in [2.05, 4.69) is 41.1 Å². The van der Waals surface area contributed by atoms with Crippen molar-refractivity contribution in [1.29, 1.82) is 0 Å². The van der Waals surface area contributed by atoms with Gasteiger partial charge in [-0.05, 0) is 42.7 Å². The number of non-ortho nitro benzene ring substituents is 1. The van der Waals surface area contributed by atoms with Crippen LogP contribution in [0.15, 0.2) is 42.5 Å². The van der Waals surface area contributed by atoms with E-state index in [9.17, 15) is 14.9 Å². The number of nitrogens with one attached hydrogen (secondary N) is 1. The van der Waals surface area contributed by atoms with Crippen molar-refractivity contribution in [3.63, 3.8) is 0 Å². The molecule has 1 amide bonds. The van der Waals surface area contributed by atoms with Gasteiger partial charge in [0.05, 0.1) is 15.1 Å². The summed E-state index contributed by atoms with van der Waals surface area (Å²) in [5.41, 5.74) is 4.23. The number of aryl methyl sites for hydroxylation is 2. The molecule has 0 spiro atoms. The summed E-state index contributed by atoms with van der Waals surface area (Å²) < 4.78 is 1.26. The van der Waals surface area contributed by atoms with Crippen LogP contribution in [0.3, 0.4) is 0 Å². The Morgan fingerprint density at radius 1 is 1.21 bits per heavy atom. The zero-order valence-corrected chi connectivity index (χ0v) is 19.6. The molecule has 0 aliphatic carbocycles. The lowest BCUT2D eigenvalue weighted by molar-refractivity contribution is -0.384. The summed E-state index contributed by atoms with van der Waals surface area (Å²) in [6.07, 6.45) is 3.00. The Bertz CT molecular complexity index is 1200. The van der Waals surface area contributed by atoms with Crippen molar-refractivity contribution in [3.8, 4) is 0 Å². The van der Waals surface area contributed by atoms with Gasteiger partial charge in [0.15, 0.2) is 5.13 Å². The zero-order valence-electron chi connectivity index (χ0n) is 18.8. The molecule has 33 heavy (non-hydrogen) atoms. The van der Waals surface area contributed by atoms with Gasteiger partial charge in [0.2, 0.25) is 5.91 Å². The Balaban J connectivity index is 1.22. The number of rotatable bonds is 7. The summed E-state index contributed by atoms with van der Waals surface area (Å²) in [6.45, 7) is 9.26. The molecule has 0 radical (unpaired) electrons. The first-order valence-corrected chi connectivity index (χ1v) is 11.8. The van der Waals surface area contributed by atoms with Crippen molar-refractivity contribution in [2.75, 3.05) is 44.2 Å². The molecule has 2 heterocycles. The number of benzene rings is 2. The topological polar surface area (TPSA) is 91.6 Å². The number of piperazine rings is 1. The van der Waals surface area contributed by atoms with Crippen LogP contribution in [0.2, 0.25) is 0 Å². The molecule has 8 nitrogen and oxygen atoms in total. The third kappa shape index (κ3) is 5.74. The lowest BCUT2D eigenvalue weighted by Gasteiger charge is -2.34. The van der Waals surface area contributed by atoms with Gasteiger partial charge in [-0.3, -0.25) is 19.8 Å². The van der Waals surface area contributed by atoms with E-state index >= 15 is 0 Å². The molecule has 4 rings (SSSR count). The normalized spacial score (nSPS) is 14.8. The highest BCUT2D eigenvalue weighted by Crippen LogP contribution is 2.32. The van der Waals surface area contributed by atoms with E-state index in [1.54, 1.807) is 29.5 Å². The third-order valence-corrected chi connectivity index (χ3v) is 6.95. The summed E-state index contributed by atoms with van der Waals surface area (Å²) in [5, 5.41) is 14.8. The van der Waals surface area contributed by atoms with Crippen molar-refractivity contribution < 1.29 is 9.72 Å². The number of hydrogen-bond acceptors (Lipinski definition) is 7. The molecule has 1 fully saturated rings. The number of amides is 1. The van der Waals surface area contributed by atoms with Crippen LogP contribution >= 0.6 is 11.3 Å². The van der Waals surface area contributed by atoms with Crippen molar-refractivity contribution >= 4 is 44.4 Å². The molecule has 1 aliphatic heterocycles. The molecule has 1 N–H and O–H groups in total. The van der Waals surface area contributed by atoms with Crippen LogP contribution < -0.4 is 10.2 Å². The Labute approximate surface area is 196 Å². The van der Waals surface area contributed by atoms with E-state index in [0.29, 0.717) is 12.1 Å². The van der Waals surface area contributed by atoms with E-state index in [-0.39, 0.29) is 11.6 Å². The highest BCUT2D eigenvalue weighted by molar-refractivity contribution is 7.22. The van der Waals surface area contributed by atoms with Gasteiger partial charge in [-0.1, -0.05) is 29.5 Å². The number of thiazole rings is 1. The molecule has 1 aliphatic rings. The van der Waals surface area contributed by atoms with Crippen LogP contribution in [0.25, 0.3) is 16.3 Å². The van der Waals surface area contributed by atoms with Crippen LogP contribution in [0.5, 0.6) is 0 Å². The maximum Gasteiger partial charge on any atom is 0.270 e. The summed E-state index contributed by atoms with van der Waals surface area (Å²) in [5.74, 6) is -0.208. The van der Waals surface area contributed by atoms with Crippen molar-refractivity contribution in [2.45, 2.75) is 13.8 Å². The number of carbonyl (C=O) groups is 1. The fourth-order valence-electron chi connectivity index (χ4n) is 3.97. The summed E-state index contributed by atoms with van der Waals surface area (Å²) >= 11 is 1.76. The van der Waals surface area contributed by atoms with E-state index in [1.807, 2.05) is 0 Å². The Morgan fingerprint density at radius 2 is 2.00 bits per heavy atom. The first kappa shape index (κ1) is 22.9. The minimum atomic E-state index is -0.448. The molecule has 1 aromatic heterocycles. The molecule has 172 valence electrons. The number of nitrogens with zero attached hydrogens (tertiary/aromatic N) is 4. The largest absolute Gasteiger partial charge is 0.351 e. The van der Waals surface area contributed by atoms with Crippen LogP contribution in [0, 0.1) is 24.0 Å². The average Bonchev–Trinajstić information content (AvgIpc) is 3.23. The van der Waals surface area contributed by atoms with Gasteiger partial charge in [-0.2, -0.15) is 0 Å². The third-order valence-electron chi connectivity index (χ3n) is 5.69. The molecule has 3 aromatic rings. The number of nitro benzene ring substituents is 1. The van der Waals surface area contributed by atoms with Crippen LogP contribution in [-0.4, -0.2) is 60.0 Å². The predicted octanol–water partition coefficient (Wildman–Crippen LogP) is 3.77. The quantitative estimate of drug-likeness (QED) is 0.324. The van der Waals surface area contributed by atoms with Crippen LogP contribution in [0.4, 0.5) is 10.8 Å². The fourth-order valence-corrected chi connectivity index (χ4v) is 5.04. The molecule has 0 unspecified atom stereocenters. The second kappa shape index (κ2) is 10.1. The monoisotopic (exact) mass is 465 g/mol. The SMILES string of the molecule is Cc1cc(C)c2sc(N3CCN(CCNC(=O)/C=C/c4cccc([N+](=O)[O-])c4)CC3)nc2c1. The number of fused-ring (bicyclic) bond motifs is 1. The standard InChI is InChI=1S/C24H27N5O3S/c1-17-14-18(2)23-21(15-17)26-24(33-23)28-12-10-27(11-13-28)9-8-25-22(30)7-6-19-4-3-5-20(16-19)29(31)32/h3-7,14-16H,8-13H2,1-2H3,(H,25,30)/b7-6+. The van der Waals surface area contributed by atoms with E-state index in [4.69, 9.17) is 4.98 Å². The Morgan fingerprint density at radius 3 is 2.76 bits per heavy atom. The lowest BCUT2D eigenvalue weighted by Crippen LogP contribution is -2.48. The smallest absolute Gasteiger partial charge is 0.270 e. The number of carbonyl (C=O) groups excluding carboxylic acids is 1. The number of hydrogen-bond donors (Lipinski definition) is 1. The second-order valence-corrected chi connectivity index (χ2v) is 9.21. The molecule has 9 heteroatoms. The number of nitro groups is 1. The molecular formula is C24H27N5O3S. The van der Waals surface area contributed by atoms with Gasteiger partial charge < -0.3 is 10.2 Å². The van der Waals surface area contributed by atoms with E-state index in [1.165, 1.54) is 34.0 Å². The van der Waals surface area contributed by atoms with Crippen molar-refractivity contribution in [2.24, 2.45) is 0 Å². The molecule has 0 atom stereocenters. The Hall–Kier alpha value is -3.30. The van der Waals surface area contributed by atoms with Gasteiger partial charge in [0.25, 0.3) is 5.69 Å². The fraction of sp³-hybridized carbons (Fsp3) is 0.333. The van der Waals surface area contributed by atoms with Crippen molar-refractivity contribution in [1.82, 2.24) is 15.2 Å². The lowest BCUT2D eigenvalue weighted by atomic mass is 10.1. The molecule has 0 saturated carbocycles. The minimum absolute atomic E-state index is 0.00722. The predicted molar refractivity (Wildman–Crippen MR) is 133 cm³/mol. The van der Waals surface area contributed by atoms with Gasteiger partial charge in [0, 0.05) is 57.5 Å². The maximum absolute atomic E-state index is 12.1. The van der Waals surface area contributed by atoms with Gasteiger partial charge >= 0.3 is 0 Å². The molecular weight excluding hydrogens is 438 g/mol. The first-order chi connectivity index (χ1) is 15.9. The molecule has 0 bridgehead atoms. The Kier molecular flexibility index (Phi) is 7.00. The highest BCUT2D eigenvalue weighted by atomic mass is 32.1. The summed E-state index contributed by atoms with van der Waals surface area (Å²) in [7, 11) is 0. The highest BCUT2D eigenvalue weighted by Gasteiger charge is 2.20. The minimum Gasteiger partial charge on any atom is -0.351 e. The van der Waals surface area contributed by atoms with Gasteiger partial charge in [-0.25, -0.2) is 4.98 Å². The maximum atomic E-state index is 12.1. The van der Waals surface area contributed by atoms with E-state index < -0.39 is 4.92 Å². The number of aromatic nitrogens is 1. The summed E-state index contributed by atoms with van der Waals surface area (Å²) in [6, 6.07) is 10.5. The zero-order chi connectivity index (χ0) is 23.4. The molecule has 2 aromatic carbocycles. The summed E-state index contributed by atoms with van der Waals surface area (Å²) in [4.78, 5) is 32.0. The average molecular weight is 466 g/mol. The number of anilines is 1. The van der Waals surface area contributed by atoms with Gasteiger partial charge in [0.1, 0.15) is 0 Å². The van der Waals surface area contributed by atoms with E-state index in [0.717, 1.165) is 43.4 Å². The second-order valence-electron chi connectivity index (χ2n) is 8.23. The first-order valence-electron chi connectivity index (χ1n) is 10.9. The van der Waals surface area contributed by atoms with Crippen LogP contribution in [-0.2, 0) is 4.79 Å². The molecule has 1 saturated heterocycles. The van der Waals surface area contributed by atoms with Crippen molar-refractivity contribution in [3.05, 3.63) is 69.3 Å². The van der Waals surface area contributed by atoms with Gasteiger partial charge in [-0.15, -0.1) is 0 Å². The van der Waals surface area contributed by atoms with Crippen LogP contribution in [0.1, 0.15) is 16.7 Å².